The highest BCUT2D eigenvalue weighted by molar-refractivity contribution is 5.26. The molecule has 3 nitrogen and oxygen atoms in total. The maximum absolute atomic E-state index is 9.33. The van der Waals surface area contributed by atoms with E-state index >= 15 is 0 Å². The molecule has 0 aliphatic carbocycles. The number of phenols is 1. The number of piperazine rings is 1. The first-order valence-corrected chi connectivity index (χ1v) is 7.48. The zero-order valence-corrected chi connectivity index (χ0v) is 11.8. The van der Waals surface area contributed by atoms with Crippen LogP contribution in [0.4, 0.5) is 0 Å². The van der Waals surface area contributed by atoms with Crippen molar-refractivity contribution >= 4 is 0 Å². The Morgan fingerprint density at radius 1 is 1.21 bits per heavy atom. The van der Waals surface area contributed by atoms with Gasteiger partial charge in [-0.25, -0.2) is 0 Å². The summed E-state index contributed by atoms with van der Waals surface area (Å²) < 4.78 is 0. The van der Waals surface area contributed by atoms with Gasteiger partial charge in [-0.1, -0.05) is 12.1 Å². The molecule has 2 fully saturated rings. The fourth-order valence-electron chi connectivity index (χ4n) is 3.52. The Bertz CT molecular complexity index is 417. The lowest BCUT2D eigenvalue weighted by Crippen LogP contribution is -2.53. The molecule has 2 unspecified atom stereocenters. The number of rotatable bonds is 3. The van der Waals surface area contributed by atoms with E-state index < -0.39 is 0 Å². The molecular formula is C16H24N2O. The third-order valence-electron chi connectivity index (χ3n) is 4.71. The van der Waals surface area contributed by atoms with E-state index in [-0.39, 0.29) is 0 Å². The third-order valence-corrected chi connectivity index (χ3v) is 4.71. The van der Waals surface area contributed by atoms with E-state index in [4.69, 9.17) is 0 Å². The van der Waals surface area contributed by atoms with Crippen LogP contribution in [0.2, 0.25) is 0 Å². The van der Waals surface area contributed by atoms with Crippen molar-refractivity contribution in [1.82, 2.24) is 9.80 Å². The number of benzene rings is 1. The quantitative estimate of drug-likeness (QED) is 0.901. The normalized spacial score (nSPS) is 26.3. The van der Waals surface area contributed by atoms with Crippen molar-refractivity contribution in [3.63, 3.8) is 0 Å². The zero-order valence-electron chi connectivity index (χ0n) is 11.8. The van der Waals surface area contributed by atoms with Crippen LogP contribution in [0.15, 0.2) is 24.3 Å². The number of aromatic hydroxyl groups is 1. The molecule has 1 N–H and O–H groups in total. The second-order valence-corrected chi connectivity index (χ2v) is 6.05. The first-order chi connectivity index (χ1) is 9.22. The molecule has 2 saturated heterocycles. The maximum atomic E-state index is 9.33. The average molecular weight is 260 g/mol. The summed E-state index contributed by atoms with van der Waals surface area (Å²) in [6.45, 7) is 7.32. The minimum absolute atomic E-state index is 0.357. The van der Waals surface area contributed by atoms with Gasteiger partial charge in [0, 0.05) is 31.7 Å². The Morgan fingerprint density at radius 2 is 2.00 bits per heavy atom. The Morgan fingerprint density at radius 3 is 2.79 bits per heavy atom. The Kier molecular flexibility index (Phi) is 3.76. The van der Waals surface area contributed by atoms with Crippen LogP contribution in [0.3, 0.4) is 0 Å². The lowest BCUT2D eigenvalue weighted by atomic mass is 10.0. The Labute approximate surface area is 115 Å². The number of hydrogen-bond acceptors (Lipinski definition) is 3. The highest BCUT2D eigenvalue weighted by Crippen LogP contribution is 2.23. The summed E-state index contributed by atoms with van der Waals surface area (Å²) >= 11 is 0. The van der Waals surface area contributed by atoms with E-state index in [1.165, 1.54) is 44.6 Å². The van der Waals surface area contributed by atoms with Crippen molar-refractivity contribution in [2.75, 3.05) is 26.2 Å². The number of nitrogens with zero attached hydrogens (tertiary/aromatic N) is 2. The van der Waals surface area contributed by atoms with E-state index in [0.717, 1.165) is 12.5 Å². The predicted molar refractivity (Wildman–Crippen MR) is 77.4 cm³/mol. The SMILES string of the molecule is CC(Cc1ccc(O)cc1)N1CCN2CCCC2C1. The van der Waals surface area contributed by atoms with Crippen molar-refractivity contribution in [3.05, 3.63) is 29.8 Å². The van der Waals surface area contributed by atoms with Crippen LogP contribution in [-0.4, -0.2) is 53.2 Å². The second-order valence-electron chi connectivity index (χ2n) is 6.05. The molecule has 0 aromatic heterocycles. The molecule has 2 heterocycles. The summed E-state index contributed by atoms with van der Waals surface area (Å²) in [5, 5.41) is 9.33. The lowest BCUT2D eigenvalue weighted by Gasteiger charge is -2.40. The van der Waals surface area contributed by atoms with E-state index in [1.807, 2.05) is 12.1 Å². The smallest absolute Gasteiger partial charge is 0.115 e. The molecule has 2 atom stereocenters. The van der Waals surface area contributed by atoms with Crippen LogP contribution >= 0.6 is 0 Å². The van der Waals surface area contributed by atoms with Gasteiger partial charge in [0.15, 0.2) is 0 Å². The number of phenolic OH excluding ortho intramolecular Hbond substituents is 1. The molecule has 0 spiro atoms. The van der Waals surface area contributed by atoms with Crippen molar-refractivity contribution in [2.45, 2.75) is 38.3 Å². The molecule has 2 aliphatic heterocycles. The Hall–Kier alpha value is -1.06. The van der Waals surface area contributed by atoms with Crippen LogP contribution in [0.5, 0.6) is 5.75 Å². The maximum Gasteiger partial charge on any atom is 0.115 e. The summed E-state index contributed by atoms with van der Waals surface area (Å²) in [5.74, 6) is 0.357. The summed E-state index contributed by atoms with van der Waals surface area (Å²) in [7, 11) is 0. The molecule has 0 amide bonds. The lowest BCUT2D eigenvalue weighted by molar-refractivity contribution is 0.0772. The molecule has 3 heteroatoms. The van der Waals surface area contributed by atoms with Crippen LogP contribution in [0.25, 0.3) is 0 Å². The first kappa shape index (κ1) is 12.9. The van der Waals surface area contributed by atoms with Gasteiger partial charge in [-0.3, -0.25) is 9.80 Å². The van der Waals surface area contributed by atoms with Crippen LogP contribution < -0.4 is 0 Å². The standard InChI is InChI=1S/C16H24N2O/c1-13(11-14-4-6-16(19)7-5-14)18-10-9-17-8-2-3-15(17)12-18/h4-7,13,15,19H,2-3,8-12H2,1H3. The summed E-state index contributed by atoms with van der Waals surface area (Å²) in [5.41, 5.74) is 1.32. The average Bonchev–Trinajstić information content (AvgIpc) is 2.88. The van der Waals surface area contributed by atoms with E-state index in [2.05, 4.69) is 16.7 Å². The van der Waals surface area contributed by atoms with Crippen molar-refractivity contribution in [3.8, 4) is 5.75 Å². The molecule has 1 aromatic carbocycles. The van der Waals surface area contributed by atoms with Gasteiger partial charge in [-0.2, -0.15) is 0 Å². The molecule has 104 valence electrons. The largest absolute Gasteiger partial charge is 0.508 e. The van der Waals surface area contributed by atoms with Crippen molar-refractivity contribution < 1.29 is 5.11 Å². The fraction of sp³-hybridized carbons (Fsp3) is 0.625. The van der Waals surface area contributed by atoms with E-state index in [0.29, 0.717) is 11.8 Å². The van der Waals surface area contributed by atoms with E-state index in [9.17, 15) is 5.11 Å². The van der Waals surface area contributed by atoms with Crippen LogP contribution in [-0.2, 0) is 6.42 Å². The Balaban J connectivity index is 1.58. The molecule has 0 bridgehead atoms. The molecule has 2 aliphatic rings. The van der Waals surface area contributed by atoms with Gasteiger partial charge in [-0.05, 0) is 50.4 Å². The van der Waals surface area contributed by atoms with Crippen LogP contribution in [0, 0.1) is 0 Å². The van der Waals surface area contributed by atoms with Gasteiger partial charge in [0.25, 0.3) is 0 Å². The van der Waals surface area contributed by atoms with Gasteiger partial charge in [-0.15, -0.1) is 0 Å². The molecular weight excluding hydrogens is 236 g/mol. The molecule has 1 aromatic rings. The molecule has 0 radical (unpaired) electrons. The molecule has 0 saturated carbocycles. The molecule has 3 rings (SSSR count). The molecule has 19 heavy (non-hydrogen) atoms. The third kappa shape index (κ3) is 2.93. The minimum atomic E-state index is 0.357. The fourth-order valence-corrected chi connectivity index (χ4v) is 3.52. The highest BCUT2D eigenvalue weighted by atomic mass is 16.3. The topological polar surface area (TPSA) is 26.7 Å². The number of fused-ring (bicyclic) bond motifs is 1. The van der Waals surface area contributed by atoms with Gasteiger partial charge >= 0.3 is 0 Å². The van der Waals surface area contributed by atoms with Gasteiger partial charge in [0.05, 0.1) is 0 Å². The summed E-state index contributed by atoms with van der Waals surface area (Å²) in [4.78, 5) is 5.29. The van der Waals surface area contributed by atoms with E-state index in [1.54, 1.807) is 12.1 Å². The minimum Gasteiger partial charge on any atom is -0.508 e. The number of hydrogen-bond donors (Lipinski definition) is 1. The van der Waals surface area contributed by atoms with Crippen molar-refractivity contribution in [2.24, 2.45) is 0 Å². The van der Waals surface area contributed by atoms with Gasteiger partial charge in [0.1, 0.15) is 5.75 Å². The van der Waals surface area contributed by atoms with Crippen molar-refractivity contribution in [1.29, 1.82) is 0 Å². The second kappa shape index (κ2) is 5.51. The zero-order chi connectivity index (χ0) is 13.2. The van der Waals surface area contributed by atoms with Gasteiger partial charge in [0.2, 0.25) is 0 Å². The summed E-state index contributed by atoms with van der Waals surface area (Å²) in [6, 6.07) is 9.05. The van der Waals surface area contributed by atoms with Gasteiger partial charge < -0.3 is 5.11 Å². The monoisotopic (exact) mass is 260 g/mol. The predicted octanol–water partition coefficient (Wildman–Crippen LogP) is 2.10. The first-order valence-electron chi connectivity index (χ1n) is 7.48. The highest BCUT2D eigenvalue weighted by Gasteiger charge is 2.32. The summed E-state index contributed by atoms with van der Waals surface area (Å²) in [6.07, 6.45) is 3.83. The van der Waals surface area contributed by atoms with Crippen LogP contribution in [0.1, 0.15) is 25.3 Å².